The van der Waals surface area contributed by atoms with Crippen LogP contribution in [0.25, 0.3) is 0 Å². The molecule has 0 bridgehead atoms. The van der Waals surface area contributed by atoms with E-state index in [1.807, 2.05) is 19.0 Å². The lowest BCUT2D eigenvalue weighted by Gasteiger charge is -2.73. The summed E-state index contributed by atoms with van der Waals surface area (Å²) in [6, 6.07) is 1.75. The SMILES string of the molecule is CC(C)C1C(=O)C[C@]2([C@@H](O)CN(Cc3ncccn3)C(=O)CN(C)C)CC[C@]3(C)[C@@H](CC[C@@H]4[C@@]5(C)CC[C@H](OC(=O)CC(C)(C)C(=O)O)C(C)(C)[C@@H]5CC[C@]43C)C12. The zero-order valence-corrected chi connectivity index (χ0v) is 36.8. The average molecular weight is 793 g/mol. The number of ketones is 1. The topological polar surface area (TPSA) is 150 Å². The van der Waals surface area contributed by atoms with Crippen molar-refractivity contribution < 1.29 is 34.1 Å². The molecule has 57 heavy (non-hydrogen) atoms. The highest BCUT2D eigenvalue weighted by molar-refractivity contribution is 5.85. The van der Waals surface area contributed by atoms with Crippen LogP contribution in [0.3, 0.4) is 0 Å². The fraction of sp³-hybridized carbons (Fsp3) is 0.826. The molecule has 1 heterocycles. The quantitative estimate of drug-likeness (QED) is 0.211. The van der Waals surface area contributed by atoms with E-state index in [0.29, 0.717) is 24.1 Å². The molecule has 11 heteroatoms. The molecule has 5 aliphatic carbocycles. The van der Waals surface area contributed by atoms with Gasteiger partial charge in [-0.1, -0.05) is 48.5 Å². The Labute approximate surface area is 341 Å². The lowest BCUT2D eigenvalue weighted by molar-refractivity contribution is -0.257. The fourth-order valence-electron chi connectivity index (χ4n) is 14.2. The number of carbonyl (C=O) groups is 4. The van der Waals surface area contributed by atoms with Gasteiger partial charge in [-0.2, -0.15) is 0 Å². The summed E-state index contributed by atoms with van der Waals surface area (Å²) in [6.45, 7) is 20.1. The molecule has 6 rings (SSSR count). The summed E-state index contributed by atoms with van der Waals surface area (Å²) in [5.41, 5.74) is -2.09. The Bertz CT molecular complexity index is 1700. The second-order valence-corrected chi connectivity index (χ2v) is 21.7. The number of nitrogens with zero attached hydrogens (tertiary/aromatic N) is 4. The first-order valence-corrected chi connectivity index (χ1v) is 21.8. The number of fused-ring (bicyclic) bond motifs is 7. The van der Waals surface area contributed by atoms with Crippen molar-refractivity contribution in [2.75, 3.05) is 27.2 Å². The third-order valence-electron chi connectivity index (χ3n) is 17.3. The van der Waals surface area contributed by atoms with Gasteiger partial charge < -0.3 is 24.7 Å². The molecule has 0 radical (unpaired) electrons. The first kappa shape index (κ1) is 43.7. The van der Waals surface area contributed by atoms with E-state index < -0.39 is 28.9 Å². The van der Waals surface area contributed by atoms with Gasteiger partial charge in [0, 0.05) is 42.1 Å². The smallest absolute Gasteiger partial charge is 0.309 e. The molecule has 2 unspecified atom stereocenters. The van der Waals surface area contributed by atoms with E-state index in [2.05, 4.69) is 58.4 Å². The van der Waals surface area contributed by atoms with E-state index in [-0.39, 0.29) is 89.2 Å². The maximum Gasteiger partial charge on any atom is 0.309 e. The van der Waals surface area contributed by atoms with Crippen molar-refractivity contribution in [2.24, 2.45) is 68.0 Å². The number of esters is 1. The van der Waals surface area contributed by atoms with Crippen LogP contribution >= 0.6 is 0 Å². The second kappa shape index (κ2) is 15.3. The predicted octanol–water partition coefficient (Wildman–Crippen LogP) is 7.06. The van der Waals surface area contributed by atoms with Crippen LogP contribution in [0.15, 0.2) is 18.5 Å². The molecule has 5 aliphatic rings. The minimum atomic E-state index is -1.18. The minimum Gasteiger partial charge on any atom is -0.481 e. The van der Waals surface area contributed by atoms with Gasteiger partial charge in [0.05, 0.1) is 31.0 Å². The Kier molecular flexibility index (Phi) is 11.7. The standard InChI is InChI=1S/C46H72N4O7/c1-28(2)38-30(51)23-46(33(52)25-50(36(53)27-49(10)11)26-35-47-21-12-22-48-35)20-19-44(8)29(39(38)46)13-14-32-43(7)17-16-34(57-37(54)24-41(3,4)40(55)56)42(5,6)31(43)15-18-45(32,44)9/h12,21-22,28-29,31-34,38-39,52H,13-20,23-27H2,1-11H3,(H,55,56)/t29-,31-,32+,33-,34-,38?,39?,43-,44+,45+,46-/m0/s1. The Morgan fingerprint density at radius 3 is 2.21 bits per heavy atom. The average Bonchev–Trinajstić information content (AvgIpc) is 3.42. The number of aliphatic hydroxyl groups is 1. The Morgan fingerprint density at radius 1 is 0.930 bits per heavy atom. The van der Waals surface area contributed by atoms with Gasteiger partial charge in [0.25, 0.3) is 0 Å². The summed E-state index contributed by atoms with van der Waals surface area (Å²) in [6.07, 6.45) is 9.90. The molecule has 11 nitrogen and oxygen atoms in total. The van der Waals surface area contributed by atoms with Crippen LogP contribution in [0.1, 0.15) is 132 Å². The molecule has 0 aromatic carbocycles. The summed E-state index contributed by atoms with van der Waals surface area (Å²) in [5, 5.41) is 22.3. The number of carbonyl (C=O) groups excluding carboxylic acids is 3. The van der Waals surface area contributed by atoms with Gasteiger partial charge in [-0.25, -0.2) is 9.97 Å². The van der Waals surface area contributed by atoms with Crippen molar-refractivity contribution in [3.05, 3.63) is 24.3 Å². The van der Waals surface area contributed by atoms with Crippen LogP contribution in [0.5, 0.6) is 0 Å². The highest BCUT2D eigenvalue weighted by atomic mass is 16.5. The van der Waals surface area contributed by atoms with Gasteiger partial charge in [0.15, 0.2) is 0 Å². The molecule has 2 N–H and O–H groups in total. The van der Waals surface area contributed by atoms with E-state index >= 15 is 0 Å². The van der Waals surface area contributed by atoms with E-state index in [1.165, 1.54) is 0 Å². The van der Waals surface area contributed by atoms with Crippen molar-refractivity contribution in [1.29, 1.82) is 0 Å². The number of rotatable bonds is 12. The molecule has 5 fully saturated rings. The first-order valence-electron chi connectivity index (χ1n) is 21.8. The van der Waals surface area contributed by atoms with Crippen LogP contribution in [0.2, 0.25) is 0 Å². The number of likely N-dealkylation sites (N-methyl/N-ethyl adjacent to an activating group) is 1. The van der Waals surface area contributed by atoms with Crippen molar-refractivity contribution >= 4 is 23.6 Å². The monoisotopic (exact) mass is 793 g/mol. The van der Waals surface area contributed by atoms with Crippen molar-refractivity contribution in [3.63, 3.8) is 0 Å². The zero-order chi connectivity index (χ0) is 42.1. The number of amides is 1. The summed E-state index contributed by atoms with van der Waals surface area (Å²) >= 11 is 0. The number of ether oxygens (including phenoxy) is 1. The van der Waals surface area contributed by atoms with E-state index in [1.54, 1.807) is 37.2 Å². The number of carboxylic acids is 1. The predicted molar refractivity (Wildman–Crippen MR) is 217 cm³/mol. The van der Waals surface area contributed by atoms with E-state index in [0.717, 1.165) is 51.4 Å². The van der Waals surface area contributed by atoms with E-state index in [4.69, 9.17) is 4.74 Å². The van der Waals surface area contributed by atoms with Crippen LogP contribution in [-0.4, -0.2) is 93.0 Å². The highest BCUT2D eigenvalue weighted by Gasteiger charge is 2.73. The van der Waals surface area contributed by atoms with Gasteiger partial charge in [0.2, 0.25) is 5.91 Å². The molecule has 1 aromatic heterocycles. The maximum atomic E-state index is 14.3. The van der Waals surface area contributed by atoms with Gasteiger partial charge in [-0.3, -0.25) is 19.2 Å². The Balaban J connectivity index is 1.29. The second-order valence-electron chi connectivity index (χ2n) is 21.7. The third-order valence-corrected chi connectivity index (χ3v) is 17.3. The number of aromatic nitrogens is 2. The normalized spacial score (nSPS) is 37.8. The molecular weight excluding hydrogens is 721 g/mol. The van der Waals surface area contributed by atoms with Gasteiger partial charge >= 0.3 is 11.9 Å². The zero-order valence-electron chi connectivity index (χ0n) is 36.8. The third kappa shape index (κ3) is 7.26. The van der Waals surface area contributed by atoms with Crippen LogP contribution in [-0.2, 0) is 30.5 Å². The summed E-state index contributed by atoms with van der Waals surface area (Å²) in [5.74, 6) is 0.307. The lowest BCUT2D eigenvalue weighted by atomic mass is 9.32. The summed E-state index contributed by atoms with van der Waals surface area (Å²) < 4.78 is 6.18. The number of hydrogen-bond acceptors (Lipinski definition) is 9. The molecule has 5 saturated carbocycles. The van der Waals surface area contributed by atoms with Crippen molar-refractivity contribution in [2.45, 2.75) is 145 Å². The molecule has 1 amide bonds. The van der Waals surface area contributed by atoms with Gasteiger partial charge in [0.1, 0.15) is 17.7 Å². The van der Waals surface area contributed by atoms with Crippen LogP contribution in [0, 0.1) is 68.0 Å². The summed E-state index contributed by atoms with van der Waals surface area (Å²) in [7, 11) is 3.73. The van der Waals surface area contributed by atoms with Gasteiger partial charge in [-0.15, -0.1) is 0 Å². The van der Waals surface area contributed by atoms with Crippen molar-refractivity contribution in [3.8, 4) is 0 Å². The number of carboxylic acid groups (broad SMARTS) is 1. The van der Waals surface area contributed by atoms with Crippen LogP contribution < -0.4 is 0 Å². The van der Waals surface area contributed by atoms with Crippen molar-refractivity contribution in [1.82, 2.24) is 19.8 Å². The number of aliphatic carboxylic acids is 1. The number of aliphatic hydroxyl groups excluding tert-OH is 1. The first-order chi connectivity index (χ1) is 26.4. The fourth-order valence-corrected chi connectivity index (χ4v) is 14.2. The molecule has 0 aliphatic heterocycles. The van der Waals surface area contributed by atoms with E-state index in [9.17, 15) is 29.4 Å². The molecule has 1 aromatic rings. The highest BCUT2D eigenvalue weighted by Crippen LogP contribution is 2.77. The van der Waals surface area contributed by atoms with Gasteiger partial charge in [-0.05, 0) is 131 Å². The largest absolute Gasteiger partial charge is 0.481 e. The summed E-state index contributed by atoms with van der Waals surface area (Å²) in [4.78, 5) is 65.4. The maximum absolute atomic E-state index is 14.3. The molecule has 11 atom stereocenters. The molecule has 0 saturated heterocycles. The minimum absolute atomic E-state index is 0.00884. The number of Topliss-reactive ketones (excluding diaryl/α,β-unsaturated/α-hetero) is 1. The number of hydrogen-bond donors (Lipinski definition) is 2. The lowest BCUT2D eigenvalue weighted by Crippen LogP contribution is -2.67. The molecular formula is C46H72N4O7. The molecule has 318 valence electrons. The Morgan fingerprint density at radius 2 is 1.60 bits per heavy atom. The Hall–Kier alpha value is -2.92. The molecule has 0 spiro atoms. The van der Waals surface area contributed by atoms with Crippen LogP contribution in [0.4, 0.5) is 0 Å².